The normalized spacial score (nSPS) is 31.5. The average molecular weight is 455 g/mol. The lowest BCUT2D eigenvalue weighted by Gasteiger charge is -2.44. The molecule has 6 atom stereocenters. The Morgan fingerprint density at radius 1 is 0.471 bits per heavy atom. The molecule has 6 heteroatoms. The van der Waals surface area contributed by atoms with Crippen molar-refractivity contribution in [2.24, 2.45) is 35.5 Å². The molecule has 2 aromatic rings. The van der Waals surface area contributed by atoms with Gasteiger partial charge >= 0.3 is 0 Å². The monoisotopic (exact) mass is 454 g/mol. The molecule has 2 heterocycles. The second-order valence-electron chi connectivity index (χ2n) is 10.4. The molecule has 1 saturated carbocycles. The topological polar surface area (TPSA) is 74.8 Å². The Hall–Kier alpha value is -3.54. The van der Waals surface area contributed by atoms with Gasteiger partial charge in [-0.05, 0) is 74.2 Å². The largest absolute Gasteiger partial charge is 0.274 e. The van der Waals surface area contributed by atoms with Crippen molar-refractivity contribution in [2.45, 2.75) is 27.7 Å². The minimum absolute atomic E-state index is 0.261. The summed E-state index contributed by atoms with van der Waals surface area (Å²) in [5, 5.41) is 0. The molecule has 0 aromatic heterocycles. The Balaban J connectivity index is 1.41. The Labute approximate surface area is 198 Å². The van der Waals surface area contributed by atoms with E-state index in [1.165, 1.54) is 9.80 Å². The number of anilines is 2. The van der Waals surface area contributed by atoms with E-state index in [1.807, 2.05) is 76.2 Å². The van der Waals surface area contributed by atoms with E-state index >= 15 is 0 Å². The van der Waals surface area contributed by atoms with Crippen LogP contribution in [0, 0.1) is 63.2 Å². The van der Waals surface area contributed by atoms with Crippen molar-refractivity contribution in [2.75, 3.05) is 9.80 Å². The fourth-order valence-electron chi connectivity index (χ4n) is 6.89. The maximum Gasteiger partial charge on any atom is 0.238 e. The van der Waals surface area contributed by atoms with Crippen LogP contribution >= 0.6 is 0 Å². The van der Waals surface area contributed by atoms with Crippen LogP contribution < -0.4 is 9.80 Å². The van der Waals surface area contributed by atoms with E-state index in [1.54, 1.807) is 0 Å². The smallest absolute Gasteiger partial charge is 0.238 e. The molecule has 2 unspecified atom stereocenters. The van der Waals surface area contributed by atoms with Crippen molar-refractivity contribution in [3.8, 4) is 0 Å². The first-order chi connectivity index (χ1) is 16.2. The Morgan fingerprint density at radius 3 is 1.00 bits per heavy atom. The highest BCUT2D eigenvalue weighted by atomic mass is 16.2. The minimum Gasteiger partial charge on any atom is -0.274 e. The second kappa shape index (κ2) is 6.98. The van der Waals surface area contributed by atoms with Crippen LogP contribution in [0.2, 0.25) is 0 Å². The van der Waals surface area contributed by atoms with Crippen LogP contribution in [-0.4, -0.2) is 23.6 Å². The quantitative estimate of drug-likeness (QED) is 0.513. The van der Waals surface area contributed by atoms with Gasteiger partial charge in [0.1, 0.15) is 0 Å². The van der Waals surface area contributed by atoms with Gasteiger partial charge in [-0.2, -0.15) is 0 Å². The molecule has 0 radical (unpaired) electrons. The molecular weight excluding hydrogens is 428 g/mol. The minimum atomic E-state index is -0.611. The molecule has 4 amide bonds. The lowest BCUT2D eigenvalue weighted by molar-refractivity contribution is -0.137. The highest BCUT2D eigenvalue weighted by molar-refractivity contribution is 6.26. The number of imide groups is 2. The summed E-state index contributed by atoms with van der Waals surface area (Å²) in [5.74, 6) is -4.40. The van der Waals surface area contributed by atoms with Crippen LogP contribution in [-0.2, 0) is 19.2 Å². The summed E-state index contributed by atoms with van der Waals surface area (Å²) in [7, 11) is 0. The molecule has 34 heavy (non-hydrogen) atoms. The van der Waals surface area contributed by atoms with Crippen LogP contribution in [0.15, 0.2) is 48.6 Å². The van der Waals surface area contributed by atoms with E-state index in [2.05, 4.69) is 0 Å². The second-order valence-corrected chi connectivity index (χ2v) is 10.4. The predicted molar refractivity (Wildman–Crippen MR) is 127 cm³/mol. The summed E-state index contributed by atoms with van der Waals surface area (Å²) in [5.41, 5.74) is 5.02. The van der Waals surface area contributed by atoms with E-state index < -0.39 is 35.5 Å². The number of rotatable bonds is 2. The van der Waals surface area contributed by atoms with Crippen molar-refractivity contribution >= 4 is 35.0 Å². The summed E-state index contributed by atoms with van der Waals surface area (Å²) in [6.45, 7) is 7.73. The van der Waals surface area contributed by atoms with E-state index in [0.717, 1.165) is 22.3 Å². The van der Waals surface area contributed by atoms with Gasteiger partial charge in [-0.15, -0.1) is 0 Å². The number of benzene rings is 2. The van der Waals surface area contributed by atoms with Crippen molar-refractivity contribution in [1.82, 2.24) is 0 Å². The molecule has 6 nitrogen and oxygen atoms in total. The zero-order valence-corrected chi connectivity index (χ0v) is 19.6. The van der Waals surface area contributed by atoms with E-state index in [4.69, 9.17) is 0 Å². The number of nitrogens with zero attached hydrogens (tertiary/aromatic N) is 2. The van der Waals surface area contributed by atoms with E-state index in [-0.39, 0.29) is 23.6 Å². The van der Waals surface area contributed by atoms with Crippen LogP contribution in [0.1, 0.15) is 22.3 Å². The molecule has 172 valence electrons. The number of hydrogen-bond acceptors (Lipinski definition) is 4. The Kier molecular flexibility index (Phi) is 4.32. The summed E-state index contributed by atoms with van der Waals surface area (Å²) in [6.07, 6.45) is 3.80. The molecule has 0 N–H and O–H groups in total. The standard InChI is InChI=1S/C28H26N2O4/c1-13-7-14(2)10-17(9-13)29-25(31)21-19-5-6-20(22(21)26(29)32)24-23(19)27(33)30(28(24)34)18-11-15(3)8-16(4)12-18/h5-12,19-24H,1-4H3/t19?,20?,21-,22-,23-,24+/m1/s1. The third-order valence-corrected chi connectivity index (χ3v) is 7.94. The number of aryl methyl sites for hydroxylation is 4. The predicted octanol–water partition coefficient (Wildman–Crippen LogP) is 3.65. The summed E-state index contributed by atoms with van der Waals surface area (Å²) in [6, 6.07) is 11.4. The van der Waals surface area contributed by atoms with Gasteiger partial charge in [0.15, 0.2) is 0 Å². The first-order valence-corrected chi connectivity index (χ1v) is 11.8. The van der Waals surface area contributed by atoms with Gasteiger partial charge in [-0.3, -0.25) is 19.2 Å². The van der Waals surface area contributed by atoms with E-state index in [9.17, 15) is 19.2 Å². The molecular formula is C28H26N2O4. The molecule has 2 aliphatic heterocycles. The zero-order valence-electron chi connectivity index (χ0n) is 19.6. The third kappa shape index (κ3) is 2.68. The number of carbonyl (C=O) groups is 4. The van der Waals surface area contributed by atoms with Gasteiger partial charge in [0.2, 0.25) is 23.6 Å². The number of amides is 4. The molecule has 3 aliphatic carbocycles. The maximum absolute atomic E-state index is 13.6. The lowest BCUT2D eigenvalue weighted by atomic mass is 9.54. The average Bonchev–Trinajstić information content (AvgIpc) is 3.19. The maximum atomic E-state index is 13.6. The van der Waals surface area contributed by atoms with Crippen LogP contribution in [0.4, 0.5) is 11.4 Å². The highest BCUT2D eigenvalue weighted by Gasteiger charge is 2.68. The summed E-state index contributed by atoms with van der Waals surface area (Å²) >= 11 is 0. The van der Waals surface area contributed by atoms with Crippen molar-refractivity contribution < 1.29 is 19.2 Å². The fraction of sp³-hybridized carbons (Fsp3) is 0.357. The van der Waals surface area contributed by atoms with Crippen LogP contribution in [0.3, 0.4) is 0 Å². The SMILES string of the molecule is Cc1cc(C)cc(N2C(=O)[C@@H]3C4C=CC([C@H]3C2=O)[C@@H]2C(=O)N(c3cc(C)cc(C)c3)C(=O)[C@H]42)c1. The zero-order chi connectivity index (χ0) is 24.0. The van der Waals surface area contributed by atoms with Crippen molar-refractivity contribution in [3.63, 3.8) is 0 Å². The lowest BCUT2D eigenvalue weighted by Crippen LogP contribution is -2.50. The number of hydrogen-bond donors (Lipinski definition) is 0. The van der Waals surface area contributed by atoms with Gasteiger partial charge in [-0.1, -0.05) is 24.3 Å². The van der Waals surface area contributed by atoms with Gasteiger partial charge in [0.25, 0.3) is 0 Å². The third-order valence-electron chi connectivity index (χ3n) is 7.94. The van der Waals surface area contributed by atoms with Gasteiger partial charge in [0.05, 0.1) is 35.0 Å². The first-order valence-electron chi connectivity index (χ1n) is 11.8. The molecule has 3 fully saturated rings. The first kappa shape index (κ1) is 21.0. The van der Waals surface area contributed by atoms with Gasteiger partial charge < -0.3 is 0 Å². The van der Waals surface area contributed by atoms with E-state index in [0.29, 0.717) is 11.4 Å². The molecule has 7 rings (SSSR count). The van der Waals surface area contributed by atoms with Crippen LogP contribution in [0.5, 0.6) is 0 Å². The van der Waals surface area contributed by atoms with Gasteiger partial charge in [0, 0.05) is 11.8 Å². The number of allylic oxidation sites excluding steroid dienone is 2. The number of carbonyl (C=O) groups excluding carboxylic acids is 4. The van der Waals surface area contributed by atoms with Gasteiger partial charge in [-0.25, -0.2) is 9.80 Å². The Bertz CT molecular complexity index is 1160. The molecule has 2 bridgehead atoms. The summed E-state index contributed by atoms with van der Waals surface area (Å²) in [4.78, 5) is 57.2. The Morgan fingerprint density at radius 2 is 0.735 bits per heavy atom. The molecule has 5 aliphatic rings. The fourth-order valence-corrected chi connectivity index (χ4v) is 6.89. The summed E-state index contributed by atoms with van der Waals surface area (Å²) < 4.78 is 0. The molecule has 2 saturated heterocycles. The highest BCUT2D eigenvalue weighted by Crippen LogP contribution is 2.58. The molecule has 2 aromatic carbocycles. The van der Waals surface area contributed by atoms with Crippen molar-refractivity contribution in [3.05, 3.63) is 70.8 Å². The van der Waals surface area contributed by atoms with Crippen LogP contribution in [0.25, 0.3) is 0 Å². The van der Waals surface area contributed by atoms with Crippen molar-refractivity contribution in [1.29, 1.82) is 0 Å². The molecule has 0 spiro atoms.